The summed E-state index contributed by atoms with van der Waals surface area (Å²) in [4.78, 5) is 20.1. The summed E-state index contributed by atoms with van der Waals surface area (Å²) in [5, 5.41) is 3.50. The van der Waals surface area contributed by atoms with Crippen molar-refractivity contribution >= 4 is 35.9 Å². The number of guanidine groups is 1. The highest BCUT2D eigenvalue weighted by Gasteiger charge is 2.18. The Morgan fingerprint density at radius 2 is 1.80 bits per heavy atom. The quantitative estimate of drug-likeness (QED) is 0.261. The van der Waals surface area contributed by atoms with E-state index in [1.54, 1.807) is 0 Å². The SMILES string of the molecule is CN=C(NCCCN1CCN(c2ncccn2)CC1)N(C)Cc1ccccc1C.I. The summed E-state index contributed by atoms with van der Waals surface area (Å²) in [7, 11) is 3.94. The molecular formula is C22H34IN7. The second-order valence-corrected chi connectivity index (χ2v) is 7.49. The third-order valence-corrected chi connectivity index (χ3v) is 5.38. The minimum atomic E-state index is 0. The summed E-state index contributed by atoms with van der Waals surface area (Å²) >= 11 is 0. The van der Waals surface area contributed by atoms with E-state index in [1.807, 2.05) is 25.5 Å². The molecule has 3 rings (SSSR count). The smallest absolute Gasteiger partial charge is 0.225 e. The Balaban J connectivity index is 0.00000320. The van der Waals surface area contributed by atoms with Gasteiger partial charge in [-0.2, -0.15) is 0 Å². The van der Waals surface area contributed by atoms with Crippen molar-refractivity contribution in [1.82, 2.24) is 25.1 Å². The second kappa shape index (κ2) is 12.7. The number of aryl methyl sites for hydroxylation is 1. The Morgan fingerprint density at radius 3 is 2.47 bits per heavy atom. The van der Waals surface area contributed by atoms with Gasteiger partial charge >= 0.3 is 0 Å². The van der Waals surface area contributed by atoms with Gasteiger partial charge in [0.25, 0.3) is 0 Å². The van der Waals surface area contributed by atoms with E-state index in [9.17, 15) is 0 Å². The van der Waals surface area contributed by atoms with E-state index >= 15 is 0 Å². The summed E-state index contributed by atoms with van der Waals surface area (Å²) in [6.07, 6.45) is 4.71. The first-order valence-corrected chi connectivity index (χ1v) is 10.4. The molecule has 1 fully saturated rings. The van der Waals surface area contributed by atoms with Crippen molar-refractivity contribution < 1.29 is 0 Å². The standard InChI is InChI=1S/C22H33N7.HI/c1-19-8-4-5-9-20(19)18-27(3)21(23-2)24-12-7-13-28-14-16-29(17-15-28)22-25-10-6-11-26-22;/h4-6,8-11H,7,12-18H2,1-3H3,(H,23,24);1H. The van der Waals surface area contributed by atoms with Crippen LogP contribution in [0.15, 0.2) is 47.7 Å². The predicted molar refractivity (Wildman–Crippen MR) is 135 cm³/mol. The summed E-state index contributed by atoms with van der Waals surface area (Å²) < 4.78 is 0. The van der Waals surface area contributed by atoms with Crippen molar-refractivity contribution in [3.05, 3.63) is 53.9 Å². The maximum absolute atomic E-state index is 4.44. The molecule has 8 heteroatoms. The Labute approximate surface area is 197 Å². The number of rotatable bonds is 7. The fraction of sp³-hybridized carbons (Fsp3) is 0.500. The molecule has 164 valence electrons. The number of benzene rings is 1. The normalized spacial score (nSPS) is 14.9. The largest absolute Gasteiger partial charge is 0.356 e. The first-order valence-electron chi connectivity index (χ1n) is 10.4. The van der Waals surface area contributed by atoms with Crippen LogP contribution in [-0.4, -0.2) is 79.1 Å². The van der Waals surface area contributed by atoms with Crippen LogP contribution in [0.3, 0.4) is 0 Å². The van der Waals surface area contributed by atoms with Gasteiger partial charge in [0.05, 0.1) is 0 Å². The molecule has 1 aliphatic rings. The van der Waals surface area contributed by atoms with Crippen molar-refractivity contribution in [3.63, 3.8) is 0 Å². The minimum Gasteiger partial charge on any atom is -0.356 e. The lowest BCUT2D eigenvalue weighted by molar-refractivity contribution is 0.254. The van der Waals surface area contributed by atoms with Crippen LogP contribution in [0.25, 0.3) is 0 Å². The summed E-state index contributed by atoms with van der Waals surface area (Å²) in [6, 6.07) is 10.4. The highest BCUT2D eigenvalue weighted by atomic mass is 127. The molecule has 0 saturated carbocycles. The lowest BCUT2D eigenvalue weighted by Gasteiger charge is -2.34. The van der Waals surface area contributed by atoms with Crippen molar-refractivity contribution in [1.29, 1.82) is 0 Å². The number of piperazine rings is 1. The van der Waals surface area contributed by atoms with Crippen molar-refractivity contribution in [2.45, 2.75) is 19.9 Å². The molecule has 7 nitrogen and oxygen atoms in total. The van der Waals surface area contributed by atoms with E-state index in [0.717, 1.165) is 64.1 Å². The maximum Gasteiger partial charge on any atom is 0.225 e. The van der Waals surface area contributed by atoms with Gasteiger partial charge in [-0.25, -0.2) is 9.97 Å². The molecule has 1 aliphatic heterocycles. The van der Waals surface area contributed by atoms with Gasteiger partial charge in [-0.3, -0.25) is 9.89 Å². The molecule has 0 aliphatic carbocycles. The van der Waals surface area contributed by atoms with Crippen molar-refractivity contribution in [2.24, 2.45) is 4.99 Å². The lowest BCUT2D eigenvalue weighted by atomic mass is 10.1. The highest BCUT2D eigenvalue weighted by molar-refractivity contribution is 14.0. The average molecular weight is 523 g/mol. The summed E-state index contributed by atoms with van der Waals surface area (Å²) in [6.45, 7) is 9.11. The van der Waals surface area contributed by atoms with Crippen LogP contribution in [0.5, 0.6) is 0 Å². The monoisotopic (exact) mass is 523 g/mol. The van der Waals surface area contributed by atoms with Crippen LogP contribution in [0.4, 0.5) is 5.95 Å². The number of nitrogens with one attached hydrogen (secondary N) is 1. The molecule has 2 heterocycles. The zero-order valence-electron chi connectivity index (χ0n) is 18.3. The Hall–Kier alpha value is -1.94. The Bertz CT molecular complexity index is 776. The summed E-state index contributed by atoms with van der Waals surface area (Å²) in [5.74, 6) is 1.79. The lowest BCUT2D eigenvalue weighted by Crippen LogP contribution is -2.47. The van der Waals surface area contributed by atoms with E-state index in [0.29, 0.717) is 0 Å². The molecule has 0 unspecified atom stereocenters. The number of hydrogen-bond donors (Lipinski definition) is 1. The van der Waals surface area contributed by atoms with Gasteiger partial charge in [-0.1, -0.05) is 24.3 Å². The van der Waals surface area contributed by atoms with Gasteiger partial charge in [0.1, 0.15) is 0 Å². The molecule has 0 amide bonds. The predicted octanol–water partition coefficient (Wildman–Crippen LogP) is 2.62. The first-order chi connectivity index (χ1) is 14.2. The van der Waals surface area contributed by atoms with Gasteiger partial charge in [-0.05, 0) is 37.1 Å². The topological polar surface area (TPSA) is 59.9 Å². The fourth-order valence-electron chi connectivity index (χ4n) is 3.63. The van der Waals surface area contributed by atoms with Crippen LogP contribution in [0.1, 0.15) is 17.5 Å². The summed E-state index contributed by atoms with van der Waals surface area (Å²) in [5.41, 5.74) is 2.65. The number of aliphatic imine (C=N–C) groups is 1. The molecule has 1 N–H and O–H groups in total. The third-order valence-electron chi connectivity index (χ3n) is 5.38. The molecule has 0 spiro atoms. The van der Waals surface area contributed by atoms with Gasteiger partial charge in [0, 0.05) is 65.8 Å². The molecule has 1 aromatic carbocycles. The van der Waals surface area contributed by atoms with E-state index in [4.69, 9.17) is 0 Å². The van der Waals surface area contributed by atoms with Crippen molar-refractivity contribution in [2.75, 3.05) is 58.3 Å². The minimum absolute atomic E-state index is 0. The number of nitrogens with zero attached hydrogens (tertiary/aromatic N) is 6. The second-order valence-electron chi connectivity index (χ2n) is 7.49. The number of halogens is 1. The van der Waals surface area contributed by atoms with E-state index in [1.165, 1.54) is 11.1 Å². The molecule has 30 heavy (non-hydrogen) atoms. The van der Waals surface area contributed by atoms with Gasteiger partial charge in [0.15, 0.2) is 5.96 Å². The Morgan fingerprint density at radius 1 is 1.10 bits per heavy atom. The number of hydrogen-bond acceptors (Lipinski definition) is 5. The fourth-order valence-corrected chi connectivity index (χ4v) is 3.63. The zero-order chi connectivity index (χ0) is 20.5. The van der Waals surface area contributed by atoms with Crippen LogP contribution in [0.2, 0.25) is 0 Å². The maximum atomic E-state index is 4.44. The molecule has 0 radical (unpaired) electrons. The van der Waals surface area contributed by atoms with Crippen molar-refractivity contribution in [3.8, 4) is 0 Å². The van der Waals surface area contributed by atoms with Gasteiger partial charge in [-0.15, -0.1) is 24.0 Å². The molecule has 2 aromatic rings. The highest BCUT2D eigenvalue weighted by Crippen LogP contribution is 2.11. The van der Waals surface area contributed by atoms with Crippen LogP contribution < -0.4 is 10.2 Å². The van der Waals surface area contributed by atoms with E-state index in [2.05, 4.69) is 73.2 Å². The average Bonchev–Trinajstić information content (AvgIpc) is 2.76. The first kappa shape index (κ1) is 24.3. The van der Waals surface area contributed by atoms with Gasteiger partial charge in [0.2, 0.25) is 5.95 Å². The number of anilines is 1. The molecule has 1 saturated heterocycles. The van der Waals surface area contributed by atoms with Crippen LogP contribution in [0, 0.1) is 6.92 Å². The van der Waals surface area contributed by atoms with Gasteiger partial charge < -0.3 is 15.1 Å². The molecular weight excluding hydrogens is 489 g/mol. The Kier molecular flexibility index (Phi) is 10.3. The third kappa shape index (κ3) is 7.09. The molecule has 0 atom stereocenters. The zero-order valence-corrected chi connectivity index (χ0v) is 20.6. The van der Waals surface area contributed by atoms with E-state index < -0.39 is 0 Å². The molecule has 0 bridgehead atoms. The molecule has 1 aromatic heterocycles. The van der Waals surface area contributed by atoms with Crippen LogP contribution >= 0.6 is 24.0 Å². The van der Waals surface area contributed by atoms with E-state index in [-0.39, 0.29) is 24.0 Å². The van der Waals surface area contributed by atoms with Crippen LogP contribution in [-0.2, 0) is 6.54 Å². The number of aromatic nitrogens is 2.